The Hall–Kier alpha value is -0.220. The summed E-state index contributed by atoms with van der Waals surface area (Å²) in [4.78, 5) is 14.3. The maximum Gasteiger partial charge on any atom is 0.244 e. The SMILES string of the molecule is CSC1CCC(N2CNC3(CC3)C2=O)CC1. The van der Waals surface area contributed by atoms with Gasteiger partial charge in [0.15, 0.2) is 0 Å². The highest BCUT2D eigenvalue weighted by Crippen LogP contribution is 2.42. The van der Waals surface area contributed by atoms with E-state index in [1.54, 1.807) is 0 Å². The highest BCUT2D eigenvalue weighted by Gasteiger charge is 2.56. The molecule has 1 saturated heterocycles. The van der Waals surface area contributed by atoms with Gasteiger partial charge in [-0.1, -0.05) is 0 Å². The van der Waals surface area contributed by atoms with Crippen LogP contribution in [0.25, 0.3) is 0 Å². The van der Waals surface area contributed by atoms with E-state index in [1.807, 2.05) is 11.8 Å². The van der Waals surface area contributed by atoms with Gasteiger partial charge in [-0.15, -0.1) is 0 Å². The summed E-state index contributed by atoms with van der Waals surface area (Å²) < 4.78 is 0. The topological polar surface area (TPSA) is 32.3 Å². The van der Waals surface area contributed by atoms with Crippen LogP contribution < -0.4 is 5.32 Å². The van der Waals surface area contributed by atoms with Crippen LogP contribution in [0.5, 0.6) is 0 Å². The van der Waals surface area contributed by atoms with Crippen molar-refractivity contribution in [2.24, 2.45) is 0 Å². The van der Waals surface area contributed by atoms with E-state index in [4.69, 9.17) is 0 Å². The third-order valence-corrected chi connectivity index (χ3v) is 5.56. The van der Waals surface area contributed by atoms with Crippen LogP contribution in [0.3, 0.4) is 0 Å². The van der Waals surface area contributed by atoms with Crippen molar-refractivity contribution < 1.29 is 4.79 Å². The maximum absolute atomic E-state index is 12.2. The van der Waals surface area contributed by atoms with Gasteiger partial charge in [-0.2, -0.15) is 11.8 Å². The lowest BCUT2D eigenvalue weighted by atomic mass is 9.94. The fraction of sp³-hybridized carbons (Fsp3) is 0.917. The number of carbonyl (C=O) groups is 1. The fourth-order valence-electron chi connectivity index (χ4n) is 3.06. The van der Waals surface area contributed by atoms with E-state index in [1.165, 1.54) is 25.7 Å². The molecule has 4 heteroatoms. The van der Waals surface area contributed by atoms with Gasteiger partial charge in [-0.05, 0) is 44.8 Å². The largest absolute Gasteiger partial charge is 0.325 e. The lowest BCUT2D eigenvalue weighted by Crippen LogP contribution is -2.41. The first-order valence-electron chi connectivity index (χ1n) is 6.34. The van der Waals surface area contributed by atoms with Crippen LogP contribution in [-0.2, 0) is 4.79 Å². The van der Waals surface area contributed by atoms with Crippen molar-refractivity contribution in [2.75, 3.05) is 12.9 Å². The smallest absolute Gasteiger partial charge is 0.244 e. The highest BCUT2D eigenvalue weighted by atomic mass is 32.2. The molecule has 3 aliphatic rings. The molecule has 1 N–H and O–H groups in total. The molecular formula is C12H20N2OS. The Labute approximate surface area is 101 Å². The number of nitrogens with one attached hydrogen (secondary N) is 1. The fourth-order valence-corrected chi connectivity index (χ4v) is 3.81. The minimum atomic E-state index is -0.101. The first-order valence-corrected chi connectivity index (χ1v) is 7.63. The second kappa shape index (κ2) is 3.91. The minimum Gasteiger partial charge on any atom is -0.325 e. The molecule has 1 heterocycles. The zero-order valence-corrected chi connectivity index (χ0v) is 10.7. The molecule has 0 aromatic rings. The summed E-state index contributed by atoms with van der Waals surface area (Å²) >= 11 is 1.98. The molecule has 2 aliphatic carbocycles. The Morgan fingerprint density at radius 2 is 2.00 bits per heavy atom. The summed E-state index contributed by atoms with van der Waals surface area (Å²) in [6, 6.07) is 0.517. The van der Waals surface area contributed by atoms with Crippen molar-refractivity contribution in [3.8, 4) is 0 Å². The zero-order valence-electron chi connectivity index (χ0n) is 9.87. The summed E-state index contributed by atoms with van der Waals surface area (Å²) in [6.45, 7) is 0.799. The average molecular weight is 240 g/mol. The molecule has 1 aliphatic heterocycles. The van der Waals surface area contributed by atoms with Gasteiger partial charge >= 0.3 is 0 Å². The number of hydrogen-bond acceptors (Lipinski definition) is 3. The molecule has 3 nitrogen and oxygen atoms in total. The van der Waals surface area contributed by atoms with Crippen LogP contribution in [0, 0.1) is 0 Å². The molecule has 3 fully saturated rings. The predicted molar refractivity (Wildman–Crippen MR) is 66.4 cm³/mol. The normalized spacial score (nSPS) is 37.1. The molecule has 3 rings (SSSR count). The van der Waals surface area contributed by atoms with Crippen LogP contribution in [0.2, 0.25) is 0 Å². The summed E-state index contributed by atoms with van der Waals surface area (Å²) in [6.07, 6.45) is 9.28. The molecule has 90 valence electrons. The van der Waals surface area contributed by atoms with Crippen molar-refractivity contribution >= 4 is 17.7 Å². The van der Waals surface area contributed by atoms with Gasteiger partial charge < -0.3 is 4.90 Å². The lowest BCUT2D eigenvalue weighted by molar-refractivity contribution is -0.132. The summed E-state index contributed by atoms with van der Waals surface area (Å²) in [5.41, 5.74) is -0.101. The monoisotopic (exact) mass is 240 g/mol. The number of thioether (sulfide) groups is 1. The Balaban J connectivity index is 1.60. The van der Waals surface area contributed by atoms with Gasteiger partial charge in [0.1, 0.15) is 0 Å². The number of amides is 1. The second-order valence-electron chi connectivity index (χ2n) is 5.36. The van der Waals surface area contributed by atoms with E-state index in [0.717, 1.165) is 24.8 Å². The van der Waals surface area contributed by atoms with Crippen LogP contribution >= 0.6 is 11.8 Å². The van der Waals surface area contributed by atoms with Crippen LogP contribution in [0.4, 0.5) is 0 Å². The molecule has 0 bridgehead atoms. The van der Waals surface area contributed by atoms with Gasteiger partial charge in [-0.3, -0.25) is 10.1 Å². The summed E-state index contributed by atoms with van der Waals surface area (Å²) in [5, 5.41) is 4.23. The third-order valence-electron chi connectivity index (χ3n) is 4.43. The molecular weight excluding hydrogens is 220 g/mol. The van der Waals surface area contributed by atoms with E-state index in [0.29, 0.717) is 11.9 Å². The summed E-state index contributed by atoms with van der Waals surface area (Å²) in [5.74, 6) is 0.389. The first-order chi connectivity index (χ1) is 7.75. The summed E-state index contributed by atoms with van der Waals surface area (Å²) in [7, 11) is 0. The predicted octanol–water partition coefficient (Wildman–Crippen LogP) is 1.58. The number of hydrogen-bond donors (Lipinski definition) is 1. The van der Waals surface area contributed by atoms with Gasteiger partial charge in [0, 0.05) is 11.3 Å². The van der Waals surface area contributed by atoms with Crippen molar-refractivity contribution in [3.05, 3.63) is 0 Å². The van der Waals surface area contributed by atoms with E-state index >= 15 is 0 Å². The molecule has 0 unspecified atom stereocenters. The lowest BCUT2D eigenvalue weighted by Gasteiger charge is -2.33. The van der Waals surface area contributed by atoms with Gasteiger partial charge in [0.05, 0.1) is 12.2 Å². The molecule has 16 heavy (non-hydrogen) atoms. The van der Waals surface area contributed by atoms with Gasteiger partial charge in [-0.25, -0.2) is 0 Å². The second-order valence-corrected chi connectivity index (χ2v) is 6.50. The molecule has 0 aromatic carbocycles. The Morgan fingerprint density at radius 1 is 1.31 bits per heavy atom. The van der Waals surface area contributed by atoms with E-state index in [-0.39, 0.29) is 5.54 Å². The molecule has 2 saturated carbocycles. The van der Waals surface area contributed by atoms with Crippen LogP contribution in [0.1, 0.15) is 38.5 Å². The molecule has 1 spiro atoms. The van der Waals surface area contributed by atoms with Crippen molar-refractivity contribution in [1.29, 1.82) is 0 Å². The van der Waals surface area contributed by atoms with E-state index in [2.05, 4.69) is 16.5 Å². The number of rotatable bonds is 2. The average Bonchev–Trinajstić information content (AvgIpc) is 3.04. The maximum atomic E-state index is 12.2. The standard InChI is InChI=1S/C12H20N2OS/c1-16-10-4-2-9(3-5-10)14-8-13-12(6-7-12)11(14)15/h9-10,13H,2-8H2,1H3. The van der Waals surface area contributed by atoms with E-state index in [9.17, 15) is 4.79 Å². The molecule has 1 amide bonds. The molecule has 0 aromatic heterocycles. The van der Waals surface area contributed by atoms with E-state index < -0.39 is 0 Å². The Bertz CT molecular complexity index is 295. The van der Waals surface area contributed by atoms with Crippen molar-refractivity contribution in [1.82, 2.24) is 10.2 Å². The Morgan fingerprint density at radius 3 is 2.50 bits per heavy atom. The number of carbonyl (C=O) groups excluding carboxylic acids is 1. The molecule has 0 atom stereocenters. The first kappa shape index (κ1) is 10.9. The Kier molecular flexibility index (Phi) is 2.67. The van der Waals surface area contributed by atoms with Crippen molar-refractivity contribution in [3.63, 3.8) is 0 Å². The van der Waals surface area contributed by atoms with Gasteiger partial charge in [0.25, 0.3) is 0 Å². The zero-order chi connectivity index (χ0) is 11.2. The molecule has 0 radical (unpaired) electrons. The third kappa shape index (κ3) is 1.66. The van der Waals surface area contributed by atoms with Crippen LogP contribution in [-0.4, -0.2) is 40.6 Å². The quantitative estimate of drug-likeness (QED) is 0.795. The number of nitrogens with zero attached hydrogens (tertiary/aromatic N) is 1. The van der Waals surface area contributed by atoms with Crippen molar-refractivity contribution in [2.45, 2.75) is 55.4 Å². The minimum absolute atomic E-state index is 0.101. The van der Waals surface area contributed by atoms with Crippen LogP contribution in [0.15, 0.2) is 0 Å². The van der Waals surface area contributed by atoms with Gasteiger partial charge in [0.2, 0.25) is 5.91 Å². The highest BCUT2D eigenvalue weighted by molar-refractivity contribution is 7.99.